The van der Waals surface area contributed by atoms with Crippen molar-refractivity contribution in [2.75, 3.05) is 19.7 Å². The molecule has 0 bridgehead atoms. The van der Waals surface area contributed by atoms with Gasteiger partial charge < -0.3 is 9.26 Å². The molecule has 1 fully saturated rings. The summed E-state index contributed by atoms with van der Waals surface area (Å²) in [7, 11) is 0. The molecule has 17 heavy (non-hydrogen) atoms. The minimum absolute atomic E-state index is 0.198. The SMILES string of the molecule is CC1CN(Cc2cc(C(=O)NN)no2)CCO1. The maximum Gasteiger partial charge on any atom is 0.287 e. The lowest BCUT2D eigenvalue weighted by atomic mass is 10.2. The summed E-state index contributed by atoms with van der Waals surface area (Å²) >= 11 is 0. The van der Waals surface area contributed by atoms with Gasteiger partial charge in [-0.05, 0) is 6.92 Å². The van der Waals surface area contributed by atoms with Crippen LogP contribution in [0.3, 0.4) is 0 Å². The first-order chi connectivity index (χ1) is 8.19. The number of nitrogen functional groups attached to an aromatic ring is 1. The number of hydrogen-bond donors (Lipinski definition) is 2. The molecule has 2 heterocycles. The third kappa shape index (κ3) is 3.02. The summed E-state index contributed by atoms with van der Waals surface area (Å²) in [5, 5.41) is 3.65. The van der Waals surface area contributed by atoms with Gasteiger partial charge in [0.05, 0.1) is 19.3 Å². The van der Waals surface area contributed by atoms with Crippen molar-refractivity contribution in [3.63, 3.8) is 0 Å². The van der Waals surface area contributed by atoms with Gasteiger partial charge in [0.1, 0.15) is 0 Å². The number of amides is 1. The lowest BCUT2D eigenvalue weighted by Crippen LogP contribution is -2.40. The maximum absolute atomic E-state index is 11.2. The van der Waals surface area contributed by atoms with E-state index in [0.29, 0.717) is 18.9 Å². The summed E-state index contributed by atoms with van der Waals surface area (Å²) in [6, 6.07) is 1.60. The highest BCUT2D eigenvalue weighted by Gasteiger charge is 2.19. The highest BCUT2D eigenvalue weighted by atomic mass is 16.5. The lowest BCUT2D eigenvalue weighted by molar-refractivity contribution is -0.0235. The molecule has 7 nitrogen and oxygen atoms in total. The van der Waals surface area contributed by atoms with Crippen LogP contribution in [0, 0.1) is 0 Å². The minimum Gasteiger partial charge on any atom is -0.376 e. The molecule has 1 atom stereocenters. The molecule has 0 aliphatic carbocycles. The zero-order valence-electron chi connectivity index (χ0n) is 9.68. The number of carbonyl (C=O) groups is 1. The molecule has 1 aromatic rings. The summed E-state index contributed by atoms with van der Waals surface area (Å²) in [6.45, 7) is 5.06. The Kier molecular flexibility index (Phi) is 3.72. The second kappa shape index (κ2) is 5.26. The van der Waals surface area contributed by atoms with Crippen LogP contribution in [-0.2, 0) is 11.3 Å². The highest BCUT2D eigenvalue weighted by molar-refractivity contribution is 5.91. The number of rotatable bonds is 3. The van der Waals surface area contributed by atoms with Gasteiger partial charge in [0, 0.05) is 19.2 Å². The van der Waals surface area contributed by atoms with Crippen LogP contribution in [0.25, 0.3) is 0 Å². The smallest absolute Gasteiger partial charge is 0.287 e. The van der Waals surface area contributed by atoms with Gasteiger partial charge >= 0.3 is 0 Å². The summed E-state index contributed by atoms with van der Waals surface area (Å²) < 4.78 is 10.5. The van der Waals surface area contributed by atoms with E-state index in [9.17, 15) is 4.79 Å². The number of hydrogen-bond acceptors (Lipinski definition) is 6. The Morgan fingerprint density at radius 1 is 1.76 bits per heavy atom. The fraction of sp³-hybridized carbons (Fsp3) is 0.600. The molecule has 94 valence electrons. The molecule has 1 amide bonds. The molecule has 3 N–H and O–H groups in total. The Balaban J connectivity index is 1.94. The van der Waals surface area contributed by atoms with E-state index < -0.39 is 5.91 Å². The van der Waals surface area contributed by atoms with E-state index in [1.54, 1.807) is 6.07 Å². The number of nitrogens with one attached hydrogen (secondary N) is 1. The molecule has 1 aliphatic heterocycles. The van der Waals surface area contributed by atoms with Gasteiger partial charge in [0.15, 0.2) is 11.5 Å². The monoisotopic (exact) mass is 240 g/mol. The summed E-state index contributed by atoms with van der Waals surface area (Å²) in [5.41, 5.74) is 2.21. The second-order valence-electron chi connectivity index (χ2n) is 4.07. The fourth-order valence-corrected chi connectivity index (χ4v) is 1.82. The number of morpholine rings is 1. The van der Waals surface area contributed by atoms with Gasteiger partial charge in [0.25, 0.3) is 5.91 Å². The molecule has 1 aliphatic rings. The topological polar surface area (TPSA) is 93.6 Å². The average molecular weight is 240 g/mol. The van der Waals surface area contributed by atoms with Gasteiger partial charge in [-0.1, -0.05) is 5.16 Å². The van der Waals surface area contributed by atoms with E-state index in [2.05, 4.69) is 10.1 Å². The predicted molar refractivity (Wildman–Crippen MR) is 58.8 cm³/mol. The van der Waals surface area contributed by atoms with Crippen LogP contribution in [0.15, 0.2) is 10.6 Å². The first kappa shape index (κ1) is 12.0. The standard InChI is InChI=1S/C10H16N4O3/c1-7-5-14(2-3-16-7)6-8-4-9(13-17-8)10(15)12-11/h4,7H,2-3,5-6,11H2,1H3,(H,12,15). The van der Waals surface area contributed by atoms with Crippen LogP contribution in [0.5, 0.6) is 0 Å². The largest absolute Gasteiger partial charge is 0.376 e. The van der Waals surface area contributed by atoms with Crippen molar-refractivity contribution in [2.45, 2.75) is 19.6 Å². The minimum atomic E-state index is -0.449. The molecular formula is C10H16N4O3. The number of carbonyl (C=O) groups excluding carboxylic acids is 1. The summed E-state index contributed by atoms with van der Waals surface area (Å²) in [5.74, 6) is 5.21. The molecule has 0 spiro atoms. The van der Waals surface area contributed by atoms with Crippen molar-refractivity contribution in [1.82, 2.24) is 15.5 Å². The number of nitrogens with two attached hydrogens (primary N) is 1. The van der Waals surface area contributed by atoms with Gasteiger partial charge in [-0.2, -0.15) is 0 Å². The summed E-state index contributed by atoms with van der Waals surface area (Å²) in [4.78, 5) is 13.4. The molecule has 7 heteroatoms. The quantitative estimate of drug-likeness (QED) is 0.420. The molecule has 0 saturated carbocycles. The van der Waals surface area contributed by atoms with Gasteiger partial charge in [-0.15, -0.1) is 0 Å². The van der Waals surface area contributed by atoms with Crippen LogP contribution in [-0.4, -0.2) is 41.8 Å². The van der Waals surface area contributed by atoms with Gasteiger partial charge in [-0.3, -0.25) is 15.1 Å². The van der Waals surface area contributed by atoms with Gasteiger partial charge in [-0.25, -0.2) is 5.84 Å². The van der Waals surface area contributed by atoms with Gasteiger partial charge in [0.2, 0.25) is 0 Å². The van der Waals surface area contributed by atoms with Crippen molar-refractivity contribution < 1.29 is 14.1 Å². The second-order valence-corrected chi connectivity index (χ2v) is 4.07. The highest BCUT2D eigenvalue weighted by Crippen LogP contribution is 2.11. The molecule has 0 aromatic carbocycles. The van der Waals surface area contributed by atoms with Crippen LogP contribution < -0.4 is 11.3 Å². The molecule has 2 rings (SSSR count). The first-order valence-corrected chi connectivity index (χ1v) is 5.49. The van der Waals surface area contributed by atoms with E-state index >= 15 is 0 Å². The Hall–Kier alpha value is -1.44. The van der Waals surface area contributed by atoms with Crippen molar-refractivity contribution in [2.24, 2.45) is 5.84 Å². The summed E-state index contributed by atoms with van der Waals surface area (Å²) in [6.07, 6.45) is 0.221. The van der Waals surface area contributed by atoms with Crippen molar-refractivity contribution in [3.8, 4) is 0 Å². The molecule has 0 radical (unpaired) electrons. The number of hydrazine groups is 1. The molecule has 1 unspecified atom stereocenters. The molecule has 1 aromatic heterocycles. The van der Waals surface area contributed by atoms with E-state index in [1.807, 2.05) is 12.3 Å². The number of ether oxygens (including phenoxy) is 1. The maximum atomic E-state index is 11.2. The lowest BCUT2D eigenvalue weighted by Gasteiger charge is -2.30. The van der Waals surface area contributed by atoms with Crippen molar-refractivity contribution in [1.29, 1.82) is 0 Å². The fourth-order valence-electron chi connectivity index (χ4n) is 1.82. The Bertz CT molecular complexity index is 393. The van der Waals surface area contributed by atoms with E-state index in [1.165, 1.54) is 0 Å². The zero-order valence-corrected chi connectivity index (χ0v) is 9.68. The normalized spacial score (nSPS) is 21.4. The van der Waals surface area contributed by atoms with Crippen LogP contribution in [0.4, 0.5) is 0 Å². The third-order valence-corrected chi connectivity index (χ3v) is 2.63. The van der Waals surface area contributed by atoms with E-state index in [4.69, 9.17) is 15.1 Å². The Labute approximate surface area is 98.8 Å². The van der Waals surface area contributed by atoms with Crippen LogP contribution in [0.2, 0.25) is 0 Å². The Morgan fingerprint density at radius 2 is 2.59 bits per heavy atom. The van der Waals surface area contributed by atoms with Crippen LogP contribution in [0.1, 0.15) is 23.2 Å². The Morgan fingerprint density at radius 3 is 3.29 bits per heavy atom. The first-order valence-electron chi connectivity index (χ1n) is 5.49. The number of nitrogens with zero attached hydrogens (tertiary/aromatic N) is 2. The van der Waals surface area contributed by atoms with E-state index in [-0.39, 0.29) is 11.8 Å². The number of aromatic nitrogens is 1. The van der Waals surface area contributed by atoms with Crippen molar-refractivity contribution >= 4 is 5.91 Å². The zero-order chi connectivity index (χ0) is 12.3. The third-order valence-electron chi connectivity index (χ3n) is 2.63. The predicted octanol–water partition coefficient (Wildman–Crippen LogP) is -0.501. The molecular weight excluding hydrogens is 224 g/mol. The van der Waals surface area contributed by atoms with Crippen LogP contribution >= 0.6 is 0 Å². The van der Waals surface area contributed by atoms with E-state index in [0.717, 1.165) is 13.1 Å². The average Bonchev–Trinajstić information content (AvgIpc) is 2.76. The molecule has 1 saturated heterocycles. The van der Waals surface area contributed by atoms with Crippen molar-refractivity contribution in [3.05, 3.63) is 17.5 Å².